The molecule has 0 saturated carbocycles. The number of likely N-dealkylation sites (tertiary alicyclic amines) is 1. The smallest absolute Gasteiger partial charge is 0.326 e. The van der Waals surface area contributed by atoms with Crippen molar-refractivity contribution >= 4 is 11.6 Å². The second-order valence-electron chi connectivity index (χ2n) is 7.02. The number of nitrogens with zero attached hydrogens (tertiary/aromatic N) is 4. The van der Waals surface area contributed by atoms with E-state index in [1.54, 1.807) is 24.3 Å². The summed E-state index contributed by atoms with van der Waals surface area (Å²) >= 11 is 0. The van der Waals surface area contributed by atoms with Crippen LogP contribution in [-0.2, 0) is 11.3 Å². The monoisotopic (exact) mass is 378 g/mol. The fraction of sp³-hybridized carbons (Fsp3) is 0.300. The standard InChI is InChI=1S/C20H22N6O2/c27-19(16-8-5-11-25(14-16)13-15-6-2-1-3-7-15)21-17-9-4-10-18(12-17)26-20(28)22-23-24-26/h1-4,6-7,9-10,12,16H,5,8,11,13-14H2,(H,21,27)(H,22,24,28). The summed E-state index contributed by atoms with van der Waals surface area (Å²) in [6.45, 7) is 2.60. The molecule has 1 fully saturated rings. The van der Waals surface area contributed by atoms with E-state index in [9.17, 15) is 9.59 Å². The number of hydrogen-bond donors (Lipinski definition) is 2. The Morgan fingerprint density at radius 1 is 1.18 bits per heavy atom. The van der Waals surface area contributed by atoms with Crippen LogP contribution in [0.15, 0.2) is 59.4 Å². The number of anilines is 1. The minimum absolute atomic E-state index is 0.00223. The Bertz CT molecular complexity index is 997. The van der Waals surface area contributed by atoms with Crippen LogP contribution < -0.4 is 11.0 Å². The van der Waals surface area contributed by atoms with Crippen molar-refractivity contribution in [2.75, 3.05) is 18.4 Å². The number of aromatic amines is 1. The molecule has 0 radical (unpaired) electrons. The predicted octanol–water partition coefficient (Wildman–Crippen LogP) is 1.81. The van der Waals surface area contributed by atoms with Crippen LogP contribution in [0.1, 0.15) is 18.4 Å². The molecule has 28 heavy (non-hydrogen) atoms. The molecule has 1 saturated heterocycles. The molecule has 8 nitrogen and oxygen atoms in total. The van der Waals surface area contributed by atoms with Crippen molar-refractivity contribution in [3.63, 3.8) is 0 Å². The highest BCUT2D eigenvalue weighted by Crippen LogP contribution is 2.21. The van der Waals surface area contributed by atoms with E-state index in [-0.39, 0.29) is 11.8 Å². The Morgan fingerprint density at radius 3 is 2.82 bits per heavy atom. The van der Waals surface area contributed by atoms with E-state index in [4.69, 9.17) is 0 Å². The quantitative estimate of drug-likeness (QED) is 0.706. The Kier molecular flexibility index (Phi) is 5.29. The van der Waals surface area contributed by atoms with Crippen LogP contribution in [0.5, 0.6) is 0 Å². The number of rotatable bonds is 5. The van der Waals surface area contributed by atoms with Gasteiger partial charge < -0.3 is 5.32 Å². The average Bonchev–Trinajstić information content (AvgIpc) is 3.15. The fourth-order valence-corrected chi connectivity index (χ4v) is 3.58. The largest absolute Gasteiger partial charge is 0.365 e. The highest BCUT2D eigenvalue weighted by atomic mass is 16.2. The Morgan fingerprint density at radius 2 is 2.04 bits per heavy atom. The van der Waals surface area contributed by atoms with Gasteiger partial charge in [0.1, 0.15) is 0 Å². The van der Waals surface area contributed by atoms with E-state index < -0.39 is 5.69 Å². The number of piperidine rings is 1. The van der Waals surface area contributed by atoms with Crippen LogP contribution in [-0.4, -0.2) is 44.1 Å². The first-order valence-electron chi connectivity index (χ1n) is 9.37. The van der Waals surface area contributed by atoms with Crippen LogP contribution >= 0.6 is 0 Å². The molecule has 1 aliphatic rings. The van der Waals surface area contributed by atoms with Crippen LogP contribution in [0.4, 0.5) is 5.69 Å². The molecule has 1 atom stereocenters. The second-order valence-corrected chi connectivity index (χ2v) is 7.02. The van der Waals surface area contributed by atoms with Crippen molar-refractivity contribution in [2.24, 2.45) is 5.92 Å². The topological polar surface area (TPSA) is 95.9 Å². The molecule has 8 heteroatoms. The number of nitrogens with one attached hydrogen (secondary N) is 2. The molecule has 2 N–H and O–H groups in total. The van der Waals surface area contributed by atoms with Crippen LogP contribution in [0.3, 0.4) is 0 Å². The molecule has 1 unspecified atom stereocenters. The van der Waals surface area contributed by atoms with Gasteiger partial charge in [0.25, 0.3) is 0 Å². The lowest BCUT2D eigenvalue weighted by molar-refractivity contribution is -0.121. The number of carbonyl (C=O) groups excluding carboxylic acids is 1. The van der Waals surface area contributed by atoms with Crippen molar-refractivity contribution in [3.8, 4) is 5.69 Å². The summed E-state index contributed by atoms with van der Waals surface area (Å²) in [6, 6.07) is 17.3. The molecular formula is C20H22N6O2. The van der Waals surface area contributed by atoms with Crippen LogP contribution in [0.25, 0.3) is 5.69 Å². The molecule has 1 aromatic heterocycles. The molecule has 4 rings (SSSR count). The normalized spacial score (nSPS) is 17.4. The number of benzene rings is 2. The van der Waals surface area contributed by atoms with Gasteiger partial charge in [-0.1, -0.05) is 36.4 Å². The van der Waals surface area contributed by atoms with Crippen molar-refractivity contribution in [1.29, 1.82) is 0 Å². The molecule has 0 spiro atoms. The lowest BCUT2D eigenvalue weighted by atomic mass is 9.96. The number of carbonyl (C=O) groups is 1. The molecule has 1 aliphatic heterocycles. The first kappa shape index (κ1) is 18.1. The third kappa shape index (κ3) is 4.17. The molecule has 0 bridgehead atoms. The maximum absolute atomic E-state index is 12.8. The highest BCUT2D eigenvalue weighted by Gasteiger charge is 2.26. The van der Waals surface area contributed by atoms with E-state index in [0.29, 0.717) is 11.4 Å². The molecule has 2 aromatic carbocycles. The van der Waals surface area contributed by atoms with E-state index in [0.717, 1.165) is 37.2 Å². The summed E-state index contributed by atoms with van der Waals surface area (Å²) in [5.41, 5.74) is 2.02. The maximum atomic E-state index is 12.8. The number of aromatic nitrogens is 4. The summed E-state index contributed by atoms with van der Waals surface area (Å²) < 4.78 is 1.15. The van der Waals surface area contributed by atoms with Crippen LogP contribution in [0.2, 0.25) is 0 Å². The van der Waals surface area contributed by atoms with Gasteiger partial charge in [-0.2, -0.15) is 4.68 Å². The van der Waals surface area contributed by atoms with Gasteiger partial charge in [0.2, 0.25) is 5.91 Å². The van der Waals surface area contributed by atoms with Crippen molar-refractivity contribution in [3.05, 3.63) is 70.6 Å². The van der Waals surface area contributed by atoms with E-state index >= 15 is 0 Å². The maximum Gasteiger partial charge on any atom is 0.365 e. The zero-order valence-electron chi connectivity index (χ0n) is 15.4. The van der Waals surface area contributed by atoms with Crippen molar-refractivity contribution in [2.45, 2.75) is 19.4 Å². The fourth-order valence-electron chi connectivity index (χ4n) is 3.58. The lowest BCUT2D eigenvalue weighted by Crippen LogP contribution is -2.40. The van der Waals surface area contributed by atoms with Gasteiger partial charge in [0, 0.05) is 18.8 Å². The summed E-state index contributed by atoms with van der Waals surface area (Å²) in [5, 5.41) is 12.4. The lowest BCUT2D eigenvalue weighted by Gasteiger charge is -2.32. The number of hydrogen-bond acceptors (Lipinski definition) is 5. The number of tetrazole rings is 1. The minimum Gasteiger partial charge on any atom is -0.326 e. The van der Waals surface area contributed by atoms with Crippen molar-refractivity contribution < 1.29 is 4.79 Å². The highest BCUT2D eigenvalue weighted by molar-refractivity contribution is 5.93. The van der Waals surface area contributed by atoms with Gasteiger partial charge in [-0.15, -0.1) is 0 Å². The Balaban J connectivity index is 1.41. The summed E-state index contributed by atoms with van der Waals surface area (Å²) in [7, 11) is 0. The predicted molar refractivity (Wildman–Crippen MR) is 105 cm³/mol. The molecule has 3 aromatic rings. The van der Waals surface area contributed by atoms with E-state index in [1.165, 1.54) is 5.56 Å². The van der Waals surface area contributed by atoms with Crippen molar-refractivity contribution in [1.82, 2.24) is 25.1 Å². The van der Waals surface area contributed by atoms with E-state index in [1.807, 2.05) is 18.2 Å². The zero-order valence-corrected chi connectivity index (χ0v) is 15.4. The number of amides is 1. The van der Waals surface area contributed by atoms with E-state index in [2.05, 4.69) is 37.9 Å². The average molecular weight is 378 g/mol. The Labute approximate surface area is 162 Å². The Hall–Kier alpha value is -3.26. The molecule has 144 valence electrons. The SMILES string of the molecule is O=C(Nc1cccc(-n2nn[nH]c2=O)c1)C1CCCN(Cc2ccccc2)C1. The molecule has 1 amide bonds. The van der Waals surface area contributed by atoms with Gasteiger partial charge in [0.05, 0.1) is 11.6 Å². The molecular weight excluding hydrogens is 356 g/mol. The second kappa shape index (κ2) is 8.18. The first-order valence-corrected chi connectivity index (χ1v) is 9.37. The van der Waals surface area contributed by atoms with Gasteiger partial charge in [0.15, 0.2) is 0 Å². The van der Waals surface area contributed by atoms with Gasteiger partial charge in [-0.25, -0.2) is 9.89 Å². The third-order valence-corrected chi connectivity index (χ3v) is 4.96. The number of H-pyrrole nitrogens is 1. The molecule has 2 heterocycles. The summed E-state index contributed by atoms with van der Waals surface area (Å²) in [6.07, 6.45) is 1.87. The first-order chi connectivity index (χ1) is 13.7. The zero-order chi connectivity index (χ0) is 19.3. The summed E-state index contributed by atoms with van der Waals surface area (Å²) in [5.74, 6) is -0.0571. The summed E-state index contributed by atoms with van der Waals surface area (Å²) in [4.78, 5) is 26.8. The van der Waals surface area contributed by atoms with Gasteiger partial charge in [-0.3, -0.25) is 9.69 Å². The van der Waals surface area contributed by atoms with Gasteiger partial charge >= 0.3 is 5.69 Å². The van der Waals surface area contributed by atoms with Crippen LogP contribution in [0, 0.1) is 5.92 Å². The minimum atomic E-state index is -0.424. The molecule has 0 aliphatic carbocycles. The third-order valence-electron chi connectivity index (χ3n) is 4.96. The van der Waals surface area contributed by atoms with Gasteiger partial charge in [-0.05, 0) is 53.6 Å².